The highest BCUT2D eigenvalue weighted by Gasteiger charge is 2.33. The third-order valence-corrected chi connectivity index (χ3v) is 5.24. The van der Waals surface area contributed by atoms with Crippen molar-refractivity contribution >= 4 is 5.57 Å². The minimum Gasteiger partial charge on any atom is -0.508 e. The lowest BCUT2D eigenvalue weighted by molar-refractivity contribution is 0.150. The number of hydrogen-bond donors (Lipinski definition) is 1. The lowest BCUT2D eigenvalue weighted by Gasteiger charge is -2.19. The maximum absolute atomic E-state index is 10.6. The van der Waals surface area contributed by atoms with Crippen LogP contribution in [0.4, 0.5) is 0 Å². The van der Waals surface area contributed by atoms with E-state index >= 15 is 0 Å². The molecule has 136 valence electrons. The zero-order chi connectivity index (χ0) is 18.6. The molecule has 1 aliphatic rings. The summed E-state index contributed by atoms with van der Waals surface area (Å²) in [7, 11) is 0. The fraction of sp³-hybridized carbons (Fsp3) is 0.200. The van der Waals surface area contributed by atoms with Gasteiger partial charge in [-0.25, -0.2) is 0 Å². The van der Waals surface area contributed by atoms with Gasteiger partial charge in [0.05, 0.1) is 6.61 Å². The van der Waals surface area contributed by atoms with Gasteiger partial charge >= 0.3 is 0 Å². The lowest BCUT2D eigenvalue weighted by Crippen LogP contribution is -2.05. The monoisotopic (exact) mass is 356 g/mol. The van der Waals surface area contributed by atoms with Gasteiger partial charge in [0.15, 0.2) is 0 Å². The summed E-state index contributed by atoms with van der Waals surface area (Å²) in [6.07, 6.45) is 0.839. The molecule has 0 amide bonds. The summed E-state index contributed by atoms with van der Waals surface area (Å²) in [5, 5.41) is 10.6. The first-order valence-corrected chi connectivity index (χ1v) is 9.54. The molecule has 2 nitrogen and oxygen atoms in total. The number of fused-ring (bicyclic) bond motifs is 1. The standard InChI is InChI=1S/C25H24O2/c1-2-27-17-16-22-24(18-10-4-3-5-11-18)19-12-6-7-13-20(19)25(22)21-14-8-9-15-23(21)26/h3-15,25-26H,2,16-17H2,1H3. The van der Waals surface area contributed by atoms with Crippen molar-refractivity contribution in [1.82, 2.24) is 0 Å². The van der Waals surface area contributed by atoms with Crippen LogP contribution < -0.4 is 0 Å². The molecule has 0 radical (unpaired) electrons. The first kappa shape index (κ1) is 17.6. The van der Waals surface area contributed by atoms with E-state index < -0.39 is 0 Å². The number of hydrogen-bond acceptors (Lipinski definition) is 2. The molecule has 0 bridgehead atoms. The summed E-state index contributed by atoms with van der Waals surface area (Å²) in [6.45, 7) is 3.42. The minimum absolute atomic E-state index is 0.0538. The Morgan fingerprint density at radius 1 is 0.815 bits per heavy atom. The van der Waals surface area contributed by atoms with E-state index in [2.05, 4.69) is 48.5 Å². The molecule has 0 aromatic heterocycles. The first-order valence-electron chi connectivity index (χ1n) is 9.54. The summed E-state index contributed by atoms with van der Waals surface area (Å²) < 4.78 is 5.70. The Labute approximate surface area is 160 Å². The number of para-hydroxylation sites is 1. The van der Waals surface area contributed by atoms with Crippen LogP contribution in [0.1, 0.15) is 41.5 Å². The zero-order valence-electron chi connectivity index (χ0n) is 15.6. The van der Waals surface area contributed by atoms with Crippen molar-refractivity contribution in [3.8, 4) is 5.75 Å². The molecule has 1 aliphatic carbocycles. The smallest absolute Gasteiger partial charge is 0.119 e. The molecule has 1 unspecified atom stereocenters. The van der Waals surface area contributed by atoms with Gasteiger partial charge in [0.2, 0.25) is 0 Å². The van der Waals surface area contributed by atoms with Crippen LogP contribution in [-0.4, -0.2) is 18.3 Å². The van der Waals surface area contributed by atoms with Crippen LogP contribution in [-0.2, 0) is 4.74 Å². The minimum atomic E-state index is 0.0538. The van der Waals surface area contributed by atoms with E-state index in [1.165, 1.54) is 27.8 Å². The second-order valence-corrected chi connectivity index (χ2v) is 6.79. The number of aromatic hydroxyl groups is 1. The molecule has 1 atom stereocenters. The molecular formula is C25H24O2. The van der Waals surface area contributed by atoms with Gasteiger partial charge in [-0.1, -0.05) is 72.8 Å². The van der Waals surface area contributed by atoms with Gasteiger partial charge in [-0.3, -0.25) is 0 Å². The van der Waals surface area contributed by atoms with Crippen molar-refractivity contribution in [2.75, 3.05) is 13.2 Å². The quantitative estimate of drug-likeness (QED) is 0.569. The Kier molecular flexibility index (Phi) is 5.08. The summed E-state index contributed by atoms with van der Waals surface area (Å²) in [5.41, 5.74) is 7.28. The van der Waals surface area contributed by atoms with Crippen LogP contribution in [0.2, 0.25) is 0 Å². The molecule has 0 heterocycles. The van der Waals surface area contributed by atoms with Crippen molar-refractivity contribution in [3.05, 3.63) is 107 Å². The number of phenolic OH excluding ortho intramolecular Hbond substituents is 1. The molecule has 27 heavy (non-hydrogen) atoms. The maximum Gasteiger partial charge on any atom is 0.119 e. The van der Waals surface area contributed by atoms with Gasteiger partial charge in [-0.05, 0) is 47.2 Å². The average Bonchev–Trinajstić information content (AvgIpc) is 3.03. The van der Waals surface area contributed by atoms with Gasteiger partial charge in [-0.15, -0.1) is 0 Å². The van der Waals surface area contributed by atoms with Gasteiger partial charge in [0, 0.05) is 18.1 Å². The largest absolute Gasteiger partial charge is 0.508 e. The Hall–Kier alpha value is -2.84. The predicted molar refractivity (Wildman–Crippen MR) is 110 cm³/mol. The van der Waals surface area contributed by atoms with Crippen LogP contribution in [0.3, 0.4) is 0 Å². The van der Waals surface area contributed by atoms with Crippen LogP contribution in [0.15, 0.2) is 84.4 Å². The van der Waals surface area contributed by atoms with E-state index in [0.29, 0.717) is 19.0 Å². The number of benzene rings is 3. The SMILES string of the molecule is CCOCCC1=C(c2ccccc2)c2ccccc2C1c1ccccc1O. The molecule has 3 aromatic rings. The molecule has 0 saturated carbocycles. The summed E-state index contributed by atoms with van der Waals surface area (Å²) in [5.74, 6) is 0.401. The van der Waals surface area contributed by atoms with E-state index in [9.17, 15) is 5.11 Å². The Bertz CT molecular complexity index is 957. The Morgan fingerprint density at radius 2 is 1.48 bits per heavy atom. The molecule has 0 aliphatic heterocycles. The number of ether oxygens (including phenoxy) is 1. The van der Waals surface area contributed by atoms with Gasteiger partial charge in [0.1, 0.15) is 5.75 Å². The van der Waals surface area contributed by atoms with Crippen LogP contribution >= 0.6 is 0 Å². The predicted octanol–water partition coefficient (Wildman–Crippen LogP) is 5.77. The second-order valence-electron chi connectivity index (χ2n) is 6.79. The van der Waals surface area contributed by atoms with Crippen molar-refractivity contribution < 1.29 is 9.84 Å². The molecule has 3 aromatic carbocycles. The van der Waals surface area contributed by atoms with Crippen LogP contribution in [0.25, 0.3) is 5.57 Å². The Morgan fingerprint density at radius 3 is 2.22 bits per heavy atom. The van der Waals surface area contributed by atoms with Gasteiger partial charge < -0.3 is 9.84 Å². The van der Waals surface area contributed by atoms with E-state index in [1.54, 1.807) is 6.07 Å². The molecule has 1 N–H and O–H groups in total. The highest BCUT2D eigenvalue weighted by molar-refractivity contribution is 5.90. The molecule has 0 saturated heterocycles. The van der Waals surface area contributed by atoms with E-state index in [-0.39, 0.29) is 5.92 Å². The summed E-state index contributed by atoms with van der Waals surface area (Å²) in [4.78, 5) is 0. The van der Waals surface area contributed by atoms with Crippen molar-refractivity contribution in [1.29, 1.82) is 0 Å². The molecular weight excluding hydrogens is 332 g/mol. The average molecular weight is 356 g/mol. The highest BCUT2D eigenvalue weighted by Crippen LogP contribution is 2.50. The molecule has 2 heteroatoms. The third kappa shape index (κ3) is 3.29. The first-order chi connectivity index (χ1) is 13.3. The van der Waals surface area contributed by atoms with E-state index in [4.69, 9.17) is 4.74 Å². The summed E-state index contributed by atoms with van der Waals surface area (Å²) in [6, 6.07) is 26.8. The van der Waals surface area contributed by atoms with Crippen molar-refractivity contribution in [2.45, 2.75) is 19.3 Å². The van der Waals surface area contributed by atoms with Gasteiger partial charge in [0.25, 0.3) is 0 Å². The van der Waals surface area contributed by atoms with Crippen molar-refractivity contribution in [3.63, 3.8) is 0 Å². The third-order valence-electron chi connectivity index (χ3n) is 5.24. The molecule has 0 spiro atoms. The van der Waals surface area contributed by atoms with Crippen molar-refractivity contribution in [2.24, 2.45) is 0 Å². The van der Waals surface area contributed by atoms with E-state index in [1.807, 2.05) is 31.2 Å². The fourth-order valence-electron chi connectivity index (χ4n) is 4.11. The summed E-state index contributed by atoms with van der Waals surface area (Å²) >= 11 is 0. The van der Waals surface area contributed by atoms with Crippen LogP contribution in [0.5, 0.6) is 5.75 Å². The van der Waals surface area contributed by atoms with Gasteiger partial charge in [-0.2, -0.15) is 0 Å². The maximum atomic E-state index is 10.6. The van der Waals surface area contributed by atoms with E-state index in [0.717, 1.165) is 12.0 Å². The number of phenols is 1. The fourth-order valence-corrected chi connectivity index (χ4v) is 4.11. The normalized spacial score (nSPS) is 15.8. The topological polar surface area (TPSA) is 29.5 Å². The molecule has 4 rings (SSSR count). The highest BCUT2D eigenvalue weighted by atomic mass is 16.5. The molecule has 0 fully saturated rings. The lowest BCUT2D eigenvalue weighted by atomic mass is 9.86. The second kappa shape index (κ2) is 7.81. The number of rotatable bonds is 6. The van der Waals surface area contributed by atoms with Crippen LogP contribution in [0, 0.1) is 0 Å². The Balaban J connectivity index is 1.93. The zero-order valence-corrected chi connectivity index (χ0v) is 15.6.